The molecular formula is C19H18Br2Cl3N3O2S. The van der Waals surface area contributed by atoms with Gasteiger partial charge >= 0.3 is 0 Å². The second-order valence-corrected chi connectivity index (χ2v) is 10.8. The minimum atomic E-state index is -1.84. The van der Waals surface area contributed by atoms with E-state index in [1.54, 1.807) is 19.2 Å². The van der Waals surface area contributed by atoms with Crippen molar-refractivity contribution in [2.75, 3.05) is 12.4 Å². The lowest BCUT2D eigenvalue weighted by Crippen LogP contribution is -2.56. The maximum Gasteiger partial charge on any atom is 0.228 e. The van der Waals surface area contributed by atoms with Gasteiger partial charge in [-0.2, -0.15) is 0 Å². The summed E-state index contributed by atoms with van der Waals surface area (Å²) in [5.41, 5.74) is 2.59. The van der Waals surface area contributed by atoms with Crippen molar-refractivity contribution >= 4 is 95.6 Å². The largest absolute Gasteiger partial charge is 0.497 e. The van der Waals surface area contributed by atoms with Gasteiger partial charge in [0.25, 0.3) is 0 Å². The van der Waals surface area contributed by atoms with Crippen molar-refractivity contribution in [2.45, 2.75) is 23.3 Å². The summed E-state index contributed by atoms with van der Waals surface area (Å²) >= 11 is 30.4. The Morgan fingerprint density at radius 3 is 2.20 bits per heavy atom. The number of ether oxygens (including phenoxy) is 1. The first-order valence-electron chi connectivity index (χ1n) is 8.51. The molecule has 30 heavy (non-hydrogen) atoms. The molecule has 2 aromatic rings. The summed E-state index contributed by atoms with van der Waals surface area (Å²) < 4.78 is 4.77. The van der Waals surface area contributed by atoms with Crippen LogP contribution in [0.2, 0.25) is 0 Å². The van der Waals surface area contributed by atoms with E-state index < -0.39 is 9.96 Å². The molecule has 2 rings (SSSR count). The number of thiocarbonyl (C=S) groups is 1. The molecule has 0 fully saturated rings. The van der Waals surface area contributed by atoms with Crippen LogP contribution in [0.3, 0.4) is 0 Å². The Labute approximate surface area is 212 Å². The fraction of sp³-hybridized carbons (Fsp3) is 0.263. The second kappa shape index (κ2) is 11.2. The lowest BCUT2D eigenvalue weighted by Gasteiger charge is -2.28. The SMILES string of the molecule is COc1cc(Br)c(NC(=S)NC(NC(=O)Cc2ccc(C)cc2)C(Cl)(Cl)Cl)c(Br)c1. The number of hydrogen-bond acceptors (Lipinski definition) is 3. The fourth-order valence-corrected chi connectivity index (χ4v) is 4.26. The molecule has 0 heterocycles. The van der Waals surface area contributed by atoms with E-state index in [1.807, 2.05) is 31.2 Å². The Morgan fingerprint density at radius 2 is 1.70 bits per heavy atom. The van der Waals surface area contributed by atoms with Gasteiger partial charge in [0.05, 0.1) is 19.2 Å². The number of carbonyl (C=O) groups is 1. The smallest absolute Gasteiger partial charge is 0.228 e. The van der Waals surface area contributed by atoms with Gasteiger partial charge in [-0.1, -0.05) is 64.6 Å². The lowest BCUT2D eigenvalue weighted by atomic mass is 10.1. The van der Waals surface area contributed by atoms with E-state index in [1.165, 1.54) is 0 Å². The molecule has 0 aliphatic rings. The molecule has 0 saturated heterocycles. The van der Waals surface area contributed by atoms with Crippen LogP contribution in [0.25, 0.3) is 0 Å². The molecule has 1 atom stereocenters. The van der Waals surface area contributed by atoms with Crippen LogP contribution >= 0.6 is 78.9 Å². The average Bonchev–Trinajstić information content (AvgIpc) is 2.65. The average molecular weight is 619 g/mol. The number of hydrogen-bond donors (Lipinski definition) is 3. The molecule has 0 aliphatic carbocycles. The van der Waals surface area contributed by atoms with Crippen LogP contribution < -0.4 is 20.7 Å². The molecule has 2 aromatic carbocycles. The van der Waals surface area contributed by atoms with Gasteiger partial charge in [0.1, 0.15) is 11.9 Å². The van der Waals surface area contributed by atoms with Gasteiger partial charge in [-0.05, 0) is 68.7 Å². The molecule has 0 bridgehead atoms. The number of amides is 1. The predicted octanol–water partition coefficient (Wildman–Crippen LogP) is 5.87. The van der Waals surface area contributed by atoms with E-state index in [0.717, 1.165) is 11.1 Å². The predicted molar refractivity (Wildman–Crippen MR) is 135 cm³/mol. The van der Waals surface area contributed by atoms with E-state index in [-0.39, 0.29) is 17.4 Å². The van der Waals surface area contributed by atoms with Gasteiger partial charge in [-0.15, -0.1) is 0 Å². The summed E-state index contributed by atoms with van der Waals surface area (Å²) in [6.07, 6.45) is -0.925. The quantitative estimate of drug-likeness (QED) is 0.215. The highest BCUT2D eigenvalue weighted by molar-refractivity contribution is 9.11. The number of alkyl halides is 3. The van der Waals surface area contributed by atoms with Crippen LogP contribution in [0.15, 0.2) is 45.3 Å². The Morgan fingerprint density at radius 1 is 1.13 bits per heavy atom. The molecule has 0 radical (unpaired) electrons. The Balaban J connectivity index is 2.06. The van der Waals surface area contributed by atoms with E-state index in [2.05, 4.69) is 47.8 Å². The van der Waals surface area contributed by atoms with Crippen molar-refractivity contribution in [3.63, 3.8) is 0 Å². The fourth-order valence-electron chi connectivity index (χ4n) is 2.37. The minimum absolute atomic E-state index is 0.134. The first kappa shape index (κ1) is 25.5. The second-order valence-electron chi connectivity index (χ2n) is 6.27. The van der Waals surface area contributed by atoms with Crippen molar-refractivity contribution in [2.24, 2.45) is 0 Å². The maximum atomic E-state index is 12.5. The van der Waals surface area contributed by atoms with Crippen LogP contribution in [0.4, 0.5) is 5.69 Å². The van der Waals surface area contributed by atoms with Crippen LogP contribution in [-0.2, 0) is 11.2 Å². The highest BCUT2D eigenvalue weighted by Gasteiger charge is 2.34. The van der Waals surface area contributed by atoms with E-state index >= 15 is 0 Å². The third-order valence-corrected chi connectivity index (χ3v) is 6.01. The third-order valence-electron chi connectivity index (χ3n) is 3.88. The molecule has 0 spiro atoms. The highest BCUT2D eigenvalue weighted by Crippen LogP contribution is 2.35. The van der Waals surface area contributed by atoms with Crippen molar-refractivity contribution in [1.82, 2.24) is 10.6 Å². The molecule has 162 valence electrons. The summed E-state index contributed by atoms with van der Waals surface area (Å²) in [6, 6.07) is 11.1. The van der Waals surface area contributed by atoms with Crippen LogP contribution in [0.5, 0.6) is 5.75 Å². The molecule has 5 nitrogen and oxygen atoms in total. The van der Waals surface area contributed by atoms with Gasteiger partial charge in [-0.25, -0.2) is 0 Å². The van der Waals surface area contributed by atoms with Gasteiger partial charge in [-0.3, -0.25) is 4.79 Å². The number of methoxy groups -OCH3 is 1. The number of carbonyl (C=O) groups excluding carboxylic acids is 1. The summed E-state index contributed by atoms with van der Waals surface area (Å²) in [7, 11) is 1.57. The van der Waals surface area contributed by atoms with E-state index in [4.69, 9.17) is 51.8 Å². The van der Waals surface area contributed by atoms with Gasteiger partial charge < -0.3 is 20.7 Å². The minimum Gasteiger partial charge on any atom is -0.497 e. The summed E-state index contributed by atoms with van der Waals surface area (Å²) in [5, 5.41) is 8.65. The van der Waals surface area contributed by atoms with Gasteiger partial charge in [0.15, 0.2) is 5.11 Å². The summed E-state index contributed by atoms with van der Waals surface area (Å²) in [6.45, 7) is 1.97. The number of anilines is 1. The number of halogens is 5. The summed E-state index contributed by atoms with van der Waals surface area (Å²) in [4.78, 5) is 12.5. The zero-order valence-electron chi connectivity index (χ0n) is 15.9. The number of aryl methyl sites for hydroxylation is 1. The Kier molecular flexibility index (Phi) is 9.52. The van der Waals surface area contributed by atoms with Crippen LogP contribution in [0.1, 0.15) is 11.1 Å². The normalized spacial score (nSPS) is 12.1. The third kappa shape index (κ3) is 7.73. The van der Waals surface area contributed by atoms with E-state index in [9.17, 15) is 4.79 Å². The molecule has 1 unspecified atom stereocenters. The Bertz CT molecular complexity index is 901. The first-order valence-corrected chi connectivity index (χ1v) is 11.6. The highest BCUT2D eigenvalue weighted by atomic mass is 79.9. The van der Waals surface area contributed by atoms with E-state index in [0.29, 0.717) is 20.4 Å². The summed E-state index contributed by atoms with van der Waals surface area (Å²) in [5.74, 6) is 0.331. The molecule has 3 N–H and O–H groups in total. The molecule has 11 heteroatoms. The Hall–Kier alpha value is -0.770. The lowest BCUT2D eigenvalue weighted by molar-refractivity contribution is -0.121. The zero-order chi connectivity index (χ0) is 22.5. The van der Waals surface area contributed by atoms with Crippen LogP contribution in [-0.4, -0.2) is 28.1 Å². The molecule has 0 saturated carbocycles. The number of rotatable bonds is 6. The molecule has 0 aromatic heterocycles. The standard InChI is InChI=1S/C19H18Br2Cl3N3O2S/c1-10-3-5-11(6-4-10)7-15(28)25-17(19(22,23)24)27-18(30)26-16-13(20)8-12(29-2)9-14(16)21/h3-6,8-9,17H,7H2,1-2H3,(H,25,28)(H2,26,27,30). The number of benzene rings is 2. The molecule has 0 aliphatic heterocycles. The molecular weight excluding hydrogens is 600 g/mol. The zero-order valence-corrected chi connectivity index (χ0v) is 22.1. The van der Waals surface area contributed by atoms with Crippen molar-refractivity contribution < 1.29 is 9.53 Å². The van der Waals surface area contributed by atoms with Gasteiger partial charge in [0, 0.05) is 8.95 Å². The van der Waals surface area contributed by atoms with Crippen molar-refractivity contribution in [3.05, 3.63) is 56.5 Å². The topological polar surface area (TPSA) is 62.4 Å². The first-order chi connectivity index (χ1) is 14.0. The monoisotopic (exact) mass is 615 g/mol. The van der Waals surface area contributed by atoms with Gasteiger partial charge in [0.2, 0.25) is 9.70 Å². The number of nitrogens with one attached hydrogen (secondary N) is 3. The van der Waals surface area contributed by atoms with Crippen LogP contribution in [0, 0.1) is 6.92 Å². The van der Waals surface area contributed by atoms with Crippen molar-refractivity contribution in [1.29, 1.82) is 0 Å². The maximum absolute atomic E-state index is 12.5. The molecule has 1 amide bonds. The van der Waals surface area contributed by atoms with Crippen molar-refractivity contribution in [3.8, 4) is 5.75 Å².